The smallest absolute Gasteiger partial charge is 0.390 e. The first-order valence-electron chi connectivity index (χ1n) is 5.33. The number of carboxylic acid groups (broad SMARTS) is 1. The number of halogens is 4. The maximum absolute atomic E-state index is 11.9. The average molecular weight is 355 g/mol. The number of alkyl halides is 3. The Morgan fingerprint density at radius 2 is 1.90 bits per heavy atom. The molecule has 0 spiro atoms. The van der Waals surface area contributed by atoms with Gasteiger partial charge < -0.3 is 15.7 Å². The third kappa shape index (κ3) is 5.91. The second kappa shape index (κ2) is 6.60. The minimum atomic E-state index is -4.35. The van der Waals surface area contributed by atoms with Crippen LogP contribution in [0.15, 0.2) is 22.7 Å². The van der Waals surface area contributed by atoms with Gasteiger partial charge in [-0.25, -0.2) is 9.59 Å². The molecule has 1 aromatic rings. The van der Waals surface area contributed by atoms with Crippen molar-refractivity contribution in [2.24, 2.45) is 0 Å². The Labute approximate surface area is 120 Å². The van der Waals surface area contributed by atoms with E-state index in [2.05, 4.69) is 21.2 Å². The third-order valence-corrected chi connectivity index (χ3v) is 2.55. The fourth-order valence-electron chi connectivity index (χ4n) is 1.28. The third-order valence-electron chi connectivity index (χ3n) is 2.10. The van der Waals surface area contributed by atoms with Crippen molar-refractivity contribution in [2.75, 3.05) is 11.9 Å². The van der Waals surface area contributed by atoms with Gasteiger partial charge in [0.1, 0.15) is 0 Å². The van der Waals surface area contributed by atoms with Crippen LogP contribution < -0.4 is 10.6 Å². The molecule has 3 N–H and O–H groups in total. The quantitative estimate of drug-likeness (QED) is 0.776. The van der Waals surface area contributed by atoms with Crippen molar-refractivity contribution in [1.29, 1.82) is 0 Å². The number of carbonyl (C=O) groups is 2. The highest BCUT2D eigenvalue weighted by Gasteiger charge is 2.26. The van der Waals surface area contributed by atoms with E-state index in [1.165, 1.54) is 18.2 Å². The highest BCUT2D eigenvalue weighted by atomic mass is 79.9. The second-order valence-electron chi connectivity index (χ2n) is 3.78. The maximum Gasteiger partial charge on any atom is 0.390 e. The van der Waals surface area contributed by atoms with Gasteiger partial charge in [-0.15, -0.1) is 0 Å². The molecule has 0 bridgehead atoms. The molecular formula is C11H10BrF3N2O3. The number of benzene rings is 1. The number of carbonyl (C=O) groups excluding carboxylic acids is 1. The first kappa shape index (κ1) is 16.3. The summed E-state index contributed by atoms with van der Waals surface area (Å²) in [6.45, 7) is -0.560. The topological polar surface area (TPSA) is 78.4 Å². The monoisotopic (exact) mass is 354 g/mol. The molecule has 2 amide bonds. The number of nitrogens with one attached hydrogen (secondary N) is 2. The van der Waals surface area contributed by atoms with Crippen molar-refractivity contribution in [3.63, 3.8) is 0 Å². The zero-order valence-electron chi connectivity index (χ0n) is 9.92. The summed E-state index contributed by atoms with van der Waals surface area (Å²) in [5.74, 6) is -1.19. The number of aromatic carboxylic acids is 1. The summed E-state index contributed by atoms with van der Waals surface area (Å²) in [5.41, 5.74) is 0.0891. The SMILES string of the molecule is O=C(NCCC(F)(F)F)Nc1cc(Br)cc(C(=O)O)c1. The molecule has 0 aliphatic rings. The summed E-state index contributed by atoms with van der Waals surface area (Å²) in [6.07, 6.45) is -5.49. The maximum atomic E-state index is 11.9. The molecule has 0 radical (unpaired) electrons. The summed E-state index contributed by atoms with van der Waals surface area (Å²) >= 11 is 3.07. The number of hydrogen-bond acceptors (Lipinski definition) is 2. The number of carboxylic acids is 1. The fourth-order valence-corrected chi connectivity index (χ4v) is 1.77. The van der Waals surface area contributed by atoms with Gasteiger partial charge in [-0.2, -0.15) is 13.2 Å². The predicted octanol–water partition coefficient (Wildman–Crippen LogP) is 3.22. The zero-order chi connectivity index (χ0) is 15.3. The summed E-state index contributed by atoms with van der Waals surface area (Å²) in [6, 6.07) is 3.10. The van der Waals surface area contributed by atoms with E-state index in [1.807, 2.05) is 5.32 Å². The lowest BCUT2D eigenvalue weighted by Gasteiger charge is -2.10. The standard InChI is InChI=1S/C11H10BrF3N2O3/c12-7-3-6(9(18)19)4-8(5-7)17-10(20)16-2-1-11(13,14)15/h3-5H,1-2H2,(H,18,19)(H2,16,17,20). The van der Waals surface area contributed by atoms with Crippen molar-refractivity contribution in [3.8, 4) is 0 Å². The van der Waals surface area contributed by atoms with Gasteiger partial charge in [0.05, 0.1) is 12.0 Å². The zero-order valence-corrected chi connectivity index (χ0v) is 11.5. The molecule has 0 unspecified atom stereocenters. The van der Waals surface area contributed by atoms with Crippen LogP contribution in [0.2, 0.25) is 0 Å². The van der Waals surface area contributed by atoms with Crippen molar-refractivity contribution >= 4 is 33.6 Å². The number of anilines is 1. The molecule has 20 heavy (non-hydrogen) atoms. The van der Waals surface area contributed by atoms with E-state index >= 15 is 0 Å². The summed E-state index contributed by atoms with van der Waals surface area (Å²) in [5, 5.41) is 13.1. The van der Waals surface area contributed by atoms with Crippen LogP contribution in [-0.4, -0.2) is 29.8 Å². The van der Waals surface area contributed by atoms with Gasteiger partial charge in [-0.1, -0.05) is 15.9 Å². The molecule has 0 aliphatic carbocycles. The summed E-state index contributed by atoms with van der Waals surface area (Å²) < 4.78 is 36.1. The molecule has 1 rings (SSSR count). The van der Waals surface area contributed by atoms with E-state index in [0.717, 1.165) is 0 Å². The molecule has 0 fully saturated rings. The van der Waals surface area contributed by atoms with Crippen molar-refractivity contribution in [3.05, 3.63) is 28.2 Å². The largest absolute Gasteiger partial charge is 0.478 e. The Kier molecular flexibility index (Phi) is 5.37. The molecule has 0 aromatic heterocycles. The Morgan fingerprint density at radius 3 is 2.45 bits per heavy atom. The lowest BCUT2D eigenvalue weighted by Crippen LogP contribution is -2.31. The lowest BCUT2D eigenvalue weighted by atomic mass is 10.2. The van der Waals surface area contributed by atoms with Gasteiger partial charge in [0, 0.05) is 16.7 Å². The van der Waals surface area contributed by atoms with Crippen molar-refractivity contribution in [2.45, 2.75) is 12.6 Å². The van der Waals surface area contributed by atoms with E-state index in [4.69, 9.17) is 5.11 Å². The average Bonchev–Trinajstić information content (AvgIpc) is 2.25. The predicted molar refractivity (Wildman–Crippen MR) is 68.8 cm³/mol. The van der Waals surface area contributed by atoms with Crippen LogP contribution in [0.25, 0.3) is 0 Å². The first-order valence-corrected chi connectivity index (χ1v) is 6.12. The highest BCUT2D eigenvalue weighted by Crippen LogP contribution is 2.20. The summed E-state index contributed by atoms with van der Waals surface area (Å²) in [7, 11) is 0. The van der Waals surface area contributed by atoms with Gasteiger partial charge in [0.25, 0.3) is 0 Å². The molecule has 110 valence electrons. The van der Waals surface area contributed by atoms with Gasteiger partial charge in [0.15, 0.2) is 0 Å². The van der Waals surface area contributed by atoms with Gasteiger partial charge >= 0.3 is 18.2 Å². The molecule has 5 nitrogen and oxygen atoms in total. The number of urea groups is 1. The minimum Gasteiger partial charge on any atom is -0.478 e. The Balaban J connectivity index is 2.60. The number of amides is 2. The molecule has 0 saturated heterocycles. The molecule has 0 saturated carbocycles. The fraction of sp³-hybridized carbons (Fsp3) is 0.273. The van der Waals surface area contributed by atoms with Crippen LogP contribution in [0.3, 0.4) is 0 Å². The van der Waals surface area contributed by atoms with Crippen LogP contribution in [0.5, 0.6) is 0 Å². The normalized spacial score (nSPS) is 11.0. The minimum absolute atomic E-state index is 0.0648. The number of hydrogen-bond donors (Lipinski definition) is 3. The molecule has 0 atom stereocenters. The molecule has 1 aromatic carbocycles. The van der Waals surface area contributed by atoms with Crippen molar-refractivity contribution in [1.82, 2.24) is 5.32 Å². The van der Waals surface area contributed by atoms with Crippen molar-refractivity contribution < 1.29 is 27.9 Å². The van der Waals surface area contributed by atoms with Crippen LogP contribution in [0.4, 0.5) is 23.7 Å². The van der Waals surface area contributed by atoms with Crippen LogP contribution in [-0.2, 0) is 0 Å². The Bertz CT molecular complexity index is 520. The van der Waals surface area contributed by atoms with Crippen LogP contribution in [0.1, 0.15) is 16.8 Å². The molecular weight excluding hydrogens is 345 g/mol. The lowest BCUT2D eigenvalue weighted by molar-refractivity contribution is -0.132. The molecule has 0 heterocycles. The van der Waals surface area contributed by atoms with E-state index in [9.17, 15) is 22.8 Å². The van der Waals surface area contributed by atoms with Gasteiger partial charge in [-0.3, -0.25) is 0 Å². The molecule has 0 aliphatic heterocycles. The van der Waals surface area contributed by atoms with E-state index < -0.39 is 31.1 Å². The van der Waals surface area contributed by atoms with Crippen LogP contribution >= 0.6 is 15.9 Å². The summed E-state index contributed by atoms with van der Waals surface area (Å²) in [4.78, 5) is 22.1. The highest BCUT2D eigenvalue weighted by molar-refractivity contribution is 9.10. The van der Waals surface area contributed by atoms with Gasteiger partial charge in [0.2, 0.25) is 0 Å². The van der Waals surface area contributed by atoms with E-state index in [1.54, 1.807) is 0 Å². The Hall–Kier alpha value is -1.77. The second-order valence-corrected chi connectivity index (χ2v) is 4.70. The van der Waals surface area contributed by atoms with E-state index in [-0.39, 0.29) is 11.3 Å². The molecule has 9 heteroatoms. The van der Waals surface area contributed by atoms with Crippen LogP contribution in [0, 0.1) is 0 Å². The Morgan fingerprint density at radius 1 is 1.25 bits per heavy atom. The van der Waals surface area contributed by atoms with Gasteiger partial charge in [-0.05, 0) is 18.2 Å². The van der Waals surface area contributed by atoms with E-state index in [0.29, 0.717) is 4.47 Å². The first-order chi connectivity index (χ1) is 9.17. The number of rotatable bonds is 4.